The molecule has 0 radical (unpaired) electrons. The zero-order chi connectivity index (χ0) is 21.3. The van der Waals surface area contributed by atoms with Gasteiger partial charge in [-0.3, -0.25) is 4.79 Å². The molecule has 1 atom stereocenters. The number of amides is 1. The third kappa shape index (κ3) is 3.64. The number of nitrogens with one attached hydrogen (secondary N) is 1. The van der Waals surface area contributed by atoms with Crippen molar-refractivity contribution in [3.05, 3.63) is 60.2 Å². The molecule has 1 aromatic heterocycles. The highest BCUT2D eigenvalue weighted by atomic mass is 16.5. The Bertz CT molecular complexity index is 1230. The van der Waals surface area contributed by atoms with E-state index in [9.17, 15) is 4.79 Å². The number of ether oxygens (including phenoxy) is 3. The molecule has 0 spiro atoms. The van der Waals surface area contributed by atoms with Crippen molar-refractivity contribution in [2.24, 2.45) is 0 Å². The third-order valence-corrected chi connectivity index (χ3v) is 4.95. The summed E-state index contributed by atoms with van der Waals surface area (Å²) in [7, 11) is 3.13. The van der Waals surface area contributed by atoms with E-state index in [1.807, 2.05) is 49.4 Å². The summed E-state index contributed by atoms with van der Waals surface area (Å²) in [5, 5.41) is 4.79. The molecule has 4 aromatic rings. The number of para-hydroxylation sites is 1. The average molecular weight is 405 g/mol. The van der Waals surface area contributed by atoms with Gasteiger partial charge in [0.2, 0.25) is 0 Å². The molecule has 0 saturated carbocycles. The fourth-order valence-electron chi connectivity index (χ4n) is 3.37. The van der Waals surface area contributed by atoms with E-state index in [1.165, 1.54) is 0 Å². The fraction of sp³-hybridized carbons (Fsp3) is 0.208. The molecule has 0 aliphatic carbocycles. The summed E-state index contributed by atoms with van der Waals surface area (Å²) in [6.07, 6.45) is -0.752. The number of hydrogen-bond donors (Lipinski definition) is 1. The highest BCUT2D eigenvalue weighted by Gasteiger charge is 2.20. The van der Waals surface area contributed by atoms with Gasteiger partial charge in [-0.15, -0.1) is 0 Å². The van der Waals surface area contributed by atoms with E-state index in [4.69, 9.17) is 18.6 Å². The third-order valence-electron chi connectivity index (χ3n) is 4.95. The van der Waals surface area contributed by atoms with Gasteiger partial charge in [0.05, 0.1) is 19.9 Å². The first-order chi connectivity index (χ1) is 14.5. The summed E-state index contributed by atoms with van der Waals surface area (Å²) in [4.78, 5) is 12.8. The van der Waals surface area contributed by atoms with Crippen molar-refractivity contribution in [3.8, 4) is 17.2 Å². The second-order valence-corrected chi connectivity index (χ2v) is 7.05. The number of carbonyl (C=O) groups excluding carboxylic acids is 1. The van der Waals surface area contributed by atoms with Crippen LogP contribution in [0.1, 0.15) is 12.5 Å². The Labute approximate surface area is 174 Å². The molecule has 154 valence electrons. The van der Waals surface area contributed by atoms with Gasteiger partial charge in [-0.25, -0.2) is 0 Å². The lowest BCUT2D eigenvalue weighted by molar-refractivity contribution is -0.122. The minimum atomic E-state index is -0.752. The summed E-state index contributed by atoms with van der Waals surface area (Å²) in [5.74, 6) is 1.32. The van der Waals surface area contributed by atoms with Crippen LogP contribution in [0, 0.1) is 6.92 Å². The predicted molar refractivity (Wildman–Crippen MR) is 117 cm³/mol. The SMILES string of the molecule is COc1cc2c(cc1NC(=O)[C@@H](C)Oc1ccc(C)cc1OC)oc1ccccc12. The quantitative estimate of drug-likeness (QED) is 0.470. The molecule has 0 fully saturated rings. The number of methoxy groups -OCH3 is 2. The highest BCUT2D eigenvalue weighted by Crippen LogP contribution is 2.36. The maximum absolute atomic E-state index is 12.8. The first-order valence-electron chi connectivity index (χ1n) is 9.61. The van der Waals surface area contributed by atoms with Crippen LogP contribution in [0.2, 0.25) is 0 Å². The van der Waals surface area contributed by atoms with Crippen LogP contribution in [0.5, 0.6) is 17.2 Å². The Morgan fingerprint density at radius 1 is 0.900 bits per heavy atom. The first-order valence-corrected chi connectivity index (χ1v) is 9.61. The van der Waals surface area contributed by atoms with Crippen molar-refractivity contribution >= 4 is 33.5 Å². The normalized spacial score (nSPS) is 12.0. The minimum absolute atomic E-state index is 0.314. The Morgan fingerprint density at radius 3 is 2.43 bits per heavy atom. The summed E-state index contributed by atoms with van der Waals surface area (Å²) >= 11 is 0. The molecule has 1 amide bonds. The Morgan fingerprint density at radius 2 is 1.67 bits per heavy atom. The van der Waals surface area contributed by atoms with Crippen LogP contribution in [-0.2, 0) is 4.79 Å². The van der Waals surface area contributed by atoms with Gasteiger partial charge < -0.3 is 23.9 Å². The van der Waals surface area contributed by atoms with Crippen LogP contribution in [0.25, 0.3) is 21.9 Å². The second-order valence-electron chi connectivity index (χ2n) is 7.05. The molecule has 6 heteroatoms. The van der Waals surface area contributed by atoms with Crippen molar-refractivity contribution in [2.45, 2.75) is 20.0 Å². The monoisotopic (exact) mass is 405 g/mol. The maximum Gasteiger partial charge on any atom is 0.265 e. The van der Waals surface area contributed by atoms with Crippen LogP contribution in [0.15, 0.2) is 59.0 Å². The van der Waals surface area contributed by atoms with Gasteiger partial charge >= 0.3 is 0 Å². The van der Waals surface area contributed by atoms with Crippen molar-refractivity contribution in [3.63, 3.8) is 0 Å². The maximum atomic E-state index is 12.8. The van der Waals surface area contributed by atoms with Gasteiger partial charge in [0.1, 0.15) is 16.9 Å². The molecule has 0 unspecified atom stereocenters. The van der Waals surface area contributed by atoms with Gasteiger partial charge in [-0.05, 0) is 43.7 Å². The number of carbonyl (C=O) groups is 1. The summed E-state index contributed by atoms with van der Waals surface area (Å²) in [6, 6.07) is 17.0. The summed E-state index contributed by atoms with van der Waals surface area (Å²) < 4.78 is 22.6. The average Bonchev–Trinajstić information content (AvgIpc) is 3.11. The molecule has 30 heavy (non-hydrogen) atoms. The minimum Gasteiger partial charge on any atom is -0.495 e. The molecular formula is C24H23NO5. The topological polar surface area (TPSA) is 69.9 Å². The van der Waals surface area contributed by atoms with Gasteiger partial charge in [0, 0.05) is 16.8 Å². The van der Waals surface area contributed by atoms with Crippen LogP contribution in [-0.4, -0.2) is 26.2 Å². The number of hydrogen-bond acceptors (Lipinski definition) is 5. The molecule has 1 N–H and O–H groups in total. The molecule has 6 nitrogen and oxygen atoms in total. The Hall–Kier alpha value is -3.67. The van der Waals surface area contributed by atoms with E-state index in [0.717, 1.165) is 21.9 Å². The molecule has 1 heterocycles. The molecule has 3 aromatic carbocycles. The van der Waals surface area contributed by atoms with E-state index in [-0.39, 0.29) is 5.91 Å². The molecule has 0 bridgehead atoms. The number of anilines is 1. The van der Waals surface area contributed by atoms with E-state index in [0.29, 0.717) is 28.5 Å². The lowest BCUT2D eigenvalue weighted by Gasteiger charge is -2.18. The predicted octanol–water partition coefficient (Wildman–Crippen LogP) is 5.32. The number of benzene rings is 3. The number of aryl methyl sites for hydroxylation is 1. The highest BCUT2D eigenvalue weighted by molar-refractivity contribution is 6.08. The number of rotatable bonds is 6. The molecule has 0 saturated heterocycles. The second kappa shape index (κ2) is 7.99. The smallest absolute Gasteiger partial charge is 0.265 e. The molecular weight excluding hydrogens is 382 g/mol. The molecule has 4 rings (SSSR count). The van der Waals surface area contributed by atoms with Crippen LogP contribution >= 0.6 is 0 Å². The van der Waals surface area contributed by atoms with Crippen molar-refractivity contribution in [1.29, 1.82) is 0 Å². The standard InChI is InChI=1S/C24H23NO5/c1-14-9-10-20(23(11-14)28-4)29-15(2)24(26)25-18-13-21-17(12-22(18)27-3)16-7-5-6-8-19(16)30-21/h5-13,15H,1-4H3,(H,25,26)/t15-/m1/s1. The lowest BCUT2D eigenvalue weighted by Crippen LogP contribution is -2.30. The first kappa shape index (κ1) is 19.6. The van der Waals surface area contributed by atoms with Gasteiger partial charge in [0.25, 0.3) is 5.91 Å². The molecule has 0 aliphatic heterocycles. The van der Waals surface area contributed by atoms with Crippen LogP contribution in [0.3, 0.4) is 0 Å². The van der Waals surface area contributed by atoms with Crippen molar-refractivity contribution in [2.75, 3.05) is 19.5 Å². The van der Waals surface area contributed by atoms with Gasteiger partial charge in [-0.1, -0.05) is 24.3 Å². The van der Waals surface area contributed by atoms with Crippen LogP contribution in [0.4, 0.5) is 5.69 Å². The number of furan rings is 1. The Kier molecular flexibility index (Phi) is 5.23. The largest absolute Gasteiger partial charge is 0.495 e. The summed E-state index contributed by atoms with van der Waals surface area (Å²) in [6.45, 7) is 3.64. The molecule has 0 aliphatic rings. The zero-order valence-electron chi connectivity index (χ0n) is 17.3. The van der Waals surface area contributed by atoms with E-state index >= 15 is 0 Å². The lowest BCUT2D eigenvalue weighted by atomic mass is 10.1. The zero-order valence-corrected chi connectivity index (χ0v) is 17.3. The van der Waals surface area contributed by atoms with E-state index in [1.54, 1.807) is 33.3 Å². The van der Waals surface area contributed by atoms with E-state index < -0.39 is 6.10 Å². The van der Waals surface area contributed by atoms with Crippen LogP contribution < -0.4 is 19.5 Å². The van der Waals surface area contributed by atoms with Gasteiger partial charge in [0.15, 0.2) is 17.6 Å². The Balaban J connectivity index is 1.59. The number of fused-ring (bicyclic) bond motifs is 3. The fourth-order valence-corrected chi connectivity index (χ4v) is 3.37. The van der Waals surface area contributed by atoms with Crippen molar-refractivity contribution in [1.82, 2.24) is 0 Å². The summed E-state index contributed by atoms with van der Waals surface area (Å²) in [5.41, 5.74) is 3.00. The van der Waals surface area contributed by atoms with E-state index in [2.05, 4.69) is 5.32 Å². The van der Waals surface area contributed by atoms with Crippen molar-refractivity contribution < 1.29 is 23.4 Å². The van der Waals surface area contributed by atoms with Gasteiger partial charge in [-0.2, -0.15) is 0 Å².